The van der Waals surface area contributed by atoms with Crippen LogP contribution in [0.3, 0.4) is 0 Å². The number of aromatic nitrogens is 1. The number of carbonyl (C=O) groups is 1. The smallest absolute Gasteiger partial charge is 0.260 e. The summed E-state index contributed by atoms with van der Waals surface area (Å²) in [5.41, 5.74) is 1.91. The quantitative estimate of drug-likeness (QED) is 0.475. The van der Waals surface area contributed by atoms with Gasteiger partial charge in [0.15, 0.2) is 5.43 Å². The summed E-state index contributed by atoms with van der Waals surface area (Å²) >= 11 is 0. The fraction of sp³-hybridized carbons (Fsp3) is 0.407. The van der Waals surface area contributed by atoms with E-state index in [1.54, 1.807) is 23.1 Å². The van der Waals surface area contributed by atoms with Crippen LogP contribution in [0.15, 0.2) is 60.4 Å². The highest BCUT2D eigenvalue weighted by Crippen LogP contribution is 2.18. The SMILES string of the molecule is C=CCN(CC=C)C(=O)c1c(Cc2cccc(F)c2)n(CCCN2CCOCC2)c(C)cc1=O. The number of aryl methyl sites for hydroxylation is 1. The van der Waals surface area contributed by atoms with Crippen LogP contribution in [0.2, 0.25) is 0 Å². The van der Waals surface area contributed by atoms with Gasteiger partial charge in [-0.25, -0.2) is 4.39 Å². The second-order valence-corrected chi connectivity index (χ2v) is 8.53. The van der Waals surface area contributed by atoms with E-state index in [2.05, 4.69) is 18.1 Å². The molecule has 34 heavy (non-hydrogen) atoms. The van der Waals surface area contributed by atoms with Crippen molar-refractivity contribution in [3.63, 3.8) is 0 Å². The zero-order chi connectivity index (χ0) is 24.5. The van der Waals surface area contributed by atoms with E-state index in [-0.39, 0.29) is 29.1 Å². The zero-order valence-electron chi connectivity index (χ0n) is 20.0. The van der Waals surface area contributed by atoms with Crippen LogP contribution in [-0.2, 0) is 17.7 Å². The molecule has 0 unspecified atom stereocenters. The first-order valence-electron chi connectivity index (χ1n) is 11.7. The standard InChI is InChI=1S/C27H34FN3O3/c1-4-10-30(11-5-2)27(33)26-24(20-22-8-6-9-23(28)19-22)31(21(3)18-25(26)32)13-7-12-29-14-16-34-17-15-29/h4-6,8-9,18-19H,1-2,7,10-17,20H2,3H3. The summed E-state index contributed by atoms with van der Waals surface area (Å²) < 4.78 is 21.4. The number of morpholine rings is 1. The molecule has 3 rings (SSSR count). The molecule has 7 heteroatoms. The van der Waals surface area contributed by atoms with E-state index in [1.165, 1.54) is 18.2 Å². The third kappa shape index (κ3) is 6.52. The first-order chi connectivity index (χ1) is 16.4. The summed E-state index contributed by atoms with van der Waals surface area (Å²) in [7, 11) is 0. The molecule has 2 aromatic rings. The molecule has 1 amide bonds. The normalized spacial score (nSPS) is 14.1. The lowest BCUT2D eigenvalue weighted by atomic mass is 10.0. The number of benzene rings is 1. The number of carbonyl (C=O) groups excluding carboxylic acids is 1. The van der Waals surface area contributed by atoms with Gasteiger partial charge in [-0.3, -0.25) is 14.5 Å². The van der Waals surface area contributed by atoms with Crippen LogP contribution in [0.25, 0.3) is 0 Å². The summed E-state index contributed by atoms with van der Waals surface area (Å²) in [4.78, 5) is 30.6. The van der Waals surface area contributed by atoms with E-state index in [0.29, 0.717) is 30.9 Å². The van der Waals surface area contributed by atoms with Gasteiger partial charge in [0.2, 0.25) is 0 Å². The molecule has 0 bridgehead atoms. The van der Waals surface area contributed by atoms with Crippen LogP contribution in [0.5, 0.6) is 0 Å². The lowest BCUT2D eigenvalue weighted by Crippen LogP contribution is -2.38. The zero-order valence-corrected chi connectivity index (χ0v) is 20.0. The van der Waals surface area contributed by atoms with Crippen LogP contribution >= 0.6 is 0 Å². The minimum absolute atomic E-state index is 0.130. The molecule has 2 heterocycles. The Bertz CT molecular complexity index is 1060. The Balaban J connectivity index is 2.00. The third-order valence-electron chi connectivity index (χ3n) is 6.05. The lowest BCUT2D eigenvalue weighted by Gasteiger charge is -2.28. The van der Waals surface area contributed by atoms with Gasteiger partial charge in [-0.1, -0.05) is 24.3 Å². The molecule has 0 aliphatic carbocycles. The van der Waals surface area contributed by atoms with Gasteiger partial charge in [0.05, 0.1) is 13.2 Å². The summed E-state index contributed by atoms with van der Waals surface area (Å²) in [6.45, 7) is 14.8. The van der Waals surface area contributed by atoms with Crippen LogP contribution in [-0.4, -0.2) is 66.2 Å². The van der Waals surface area contributed by atoms with Crippen molar-refractivity contribution in [2.45, 2.75) is 26.3 Å². The number of hydrogen-bond acceptors (Lipinski definition) is 4. The number of nitrogens with zero attached hydrogens (tertiary/aromatic N) is 3. The Morgan fingerprint density at radius 2 is 1.85 bits per heavy atom. The molecule has 182 valence electrons. The molecule has 1 aliphatic heterocycles. The summed E-state index contributed by atoms with van der Waals surface area (Å²) in [5.74, 6) is -0.711. The first kappa shape index (κ1) is 25.6. The topological polar surface area (TPSA) is 54.8 Å². The van der Waals surface area contributed by atoms with E-state index in [4.69, 9.17) is 4.74 Å². The van der Waals surface area contributed by atoms with Crippen molar-refractivity contribution in [2.24, 2.45) is 0 Å². The Labute approximate surface area is 200 Å². The van der Waals surface area contributed by atoms with Gasteiger partial charge in [0, 0.05) is 63.1 Å². The maximum Gasteiger partial charge on any atom is 0.260 e. The van der Waals surface area contributed by atoms with Gasteiger partial charge in [0.1, 0.15) is 11.4 Å². The van der Waals surface area contributed by atoms with Crippen LogP contribution in [0, 0.1) is 12.7 Å². The van der Waals surface area contributed by atoms with Gasteiger partial charge >= 0.3 is 0 Å². The van der Waals surface area contributed by atoms with Gasteiger partial charge in [-0.2, -0.15) is 0 Å². The molecule has 1 aliphatic rings. The lowest BCUT2D eigenvalue weighted by molar-refractivity contribution is 0.0369. The summed E-state index contributed by atoms with van der Waals surface area (Å²) in [5, 5.41) is 0. The van der Waals surface area contributed by atoms with Crippen molar-refractivity contribution >= 4 is 5.91 Å². The minimum atomic E-state index is -0.363. The molecule has 1 saturated heterocycles. The number of pyridine rings is 1. The predicted octanol–water partition coefficient (Wildman–Crippen LogP) is 3.42. The largest absolute Gasteiger partial charge is 0.379 e. The average molecular weight is 468 g/mol. The number of ether oxygens (including phenoxy) is 1. The van der Waals surface area contributed by atoms with E-state index < -0.39 is 0 Å². The van der Waals surface area contributed by atoms with Crippen LogP contribution in [0.1, 0.15) is 33.7 Å². The first-order valence-corrected chi connectivity index (χ1v) is 11.7. The maximum atomic E-state index is 13.9. The van der Waals surface area contributed by atoms with Crippen molar-refractivity contribution in [3.05, 3.63) is 94.2 Å². The number of hydrogen-bond donors (Lipinski definition) is 0. The molecule has 0 radical (unpaired) electrons. The van der Waals surface area contributed by atoms with E-state index in [1.807, 2.05) is 17.6 Å². The summed E-state index contributed by atoms with van der Waals surface area (Å²) in [6, 6.07) is 7.82. The van der Waals surface area contributed by atoms with Crippen molar-refractivity contribution in [2.75, 3.05) is 45.9 Å². The molecule has 1 aromatic heterocycles. The Hall–Kier alpha value is -3.03. The Kier molecular flexibility index (Phi) is 9.36. The van der Waals surface area contributed by atoms with Crippen molar-refractivity contribution in [1.82, 2.24) is 14.4 Å². The monoisotopic (exact) mass is 467 g/mol. The molecule has 0 saturated carbocycles. The molecule has 6 nitrogen and oxygen atoms in total. The number of rotatable bonds is 11. The van der Waals surface area contributed by atoms with Gasteiger partial charge in [-0.15, -0.1) is 13.2 Å². The Morgan fingerprint density at radius 1 is 1.15 bits per heavy atom. The van der Waals surface area contributed by atoms with Crippen LogP contribution in [0.4, 0.5) is 4.39 Å². The molecule has 0 N–H and O–H groups in total. The number of amides is 1. The molecule has 1 aromatic carbocycles. The van der Waals surface area contributed by atoms with Crippen molar-refractivity contribution in [1.29, 1.82) is 0 Å². The minimum Gasteiger partial charge on any atom is -0.379 e. The maximum absolute atomic E-state index is 13.9. The average Bonchev–Trinajstić information content (AvgIpc) is 2.81. The highest BCUT2D eigenvalue weighted by atomic mass is 19.1. The second-order valence-electron chi connectivity index (χ2n) is 8.53. The van der Waals surface area contributed by atoms with Crippen molar-refractivity contribution in [3.8, 4) is 0 Å². The van der Waals surface area contributed by atoms with E-state index in [0.717, 1.165) is 45.0 Å². The van der Waals surface area contributed by atoms with Crippen LogP contribution < -0.4 is 5.43 Å². The highest BCUT2D eigenvalue weighted by Gasteiger charge is 2.24. The predicted molar refractivity (Wildman–Crippen MR) is 133 cm³/mol. The van der Waals surface area contributed by atoms with Gasteiger partial charge < -0.3 is 14.2 Å². The fourth-order valence-electron chi connectivity index (χ4n) is 4.38. The molecular formula is C27H34FN3O3. The molecule has 0 atom stereocenters. The Morgan fingerprint density at radius 3 is 2.50 bits per heavy atom. The number of halogens is 1. The van der Waals surface area contributed by atoms with E-state index in [9.17, 15) is 14.0 Å². The molecular weight excluding hydrogens is 433 g/mol. The molecule has 1 fully saturated rings. The second kappa shape index (κ2) is 12.4. The molecule has 0 spiro atoms. The summed E-state index contributed by atoms with van der Waals surface area (Å²) in [6.07, 6.45) is 4.39. The third-order valence-corrected chi connectivity index (χ3v) is 6.05. The highest BCUT2D eigenvalue weighted by molar-refractivity contribution is 5.95. The van der Waals surface area contributed by atoms with Crippen molar-refractivity contribution < 1.29 is 13.9 Å². The van der Waals surface area contributed by atoms with Gasteiger partial charge in [-0.05, 0) is 31.0 Å². The van der Waals surface area contributed by atoms with E-state index >= 15 is 0 Å². The fourth-order valence-corrected chi connectivity index (χ4v) is 4.38. The van der Waals surface area contributed by atoms with Gasteiger partial charge in [0.25, 0.3) is 5.91 Å².